The summed E-state index contributed by atoms with van der Waals surface area (Å²) in [4.78, 5) is 9.44. The second-order valence-corrected chi connectivity index (χ2v) is 8.87. The first-order valence-electron chi connectivity index (χ1n) is 11.2. The average molecular weight is 430 g/mol. The standard InChI is InChI=1S/C25H31N7/c1-16-19(14-26)7-6-8-21(16)17(2)28-25-22-13-24(27-15-23(22)18(3)29-30-25)32(5)20-9-11-31(4)12-10-20/h6-8,13,15,17,20H,9-12H2,1-5H3,(H,28,30)/t17-/m1/s1. The maximum absolute atomic E-state index is 9.38. The van der Waals surface area contributed by atoms with Crippen molar-refractivity contribution in [2.24, 2.45) is 0 Å². The van der Waals surface area contributed by atoms with Crippen LogP contribution < -0.4 is 10.2 Å². The molecule has 7 heteroatoms. The Balaban J connectivity index is 1.67. The lowest BCUT2D eigenvalue weighted by atomic mass is 9.98. The van der Waals surface area contributed by atoms with Crippen LogP contribution in [0.3, 0.4) is 0 Å². The van der Waals surface area contributed by atoms with Crippen LogP contribution in [0.1, 0.15) is 48.2 Å². The third-order valence-electron chi connectivity index (χ3n) is 6.75. The summed E-state index contributed by atoms with van der Waals surface area (Å²) in [5, 5.41) is 23.8. The summed E-state index contributed by atoms with van der Waals surface area (Å²) in [6.45, 7) is 8.26. The van der Waals surface area contributed by atoms with Crippen LogP contribution in [0.5, 0.6) is 0 Å². The Bertz CT molecular complexity index is 1160. The lowest BCUT2D eigenvalue weighted by molar-refractivity contribution is 0.252. The molecule has 1 N–H and O–H groups in total. The summed E-state index contributed by atoms with van der Waals surface area (Å²) < 4.78 is 0. The van der Waals surface area contributed by atoms with Gasteiger partial charge in [0.2, 0.25) is 0 Å². The summed E-state index contributed by atoms with van der Waals surface area (Å²) in [7, 11) is 4.32. The molecule has 2 aromatic heterocycles. The number of aryl methyl sites for hydroxylation is 1. The molecule has 1 atom stereocenters. The van der Waals surface area contributed by atoms with Crippen molar-refractivity contribution in [1.29, 1.82) is 5.26 Å². The first-order chi connectivity index (χ1) is 15.4. The van der Waals surface area contributed by atoms with Gasteiger partial charge in [-0.25, -0.2) is 4.98 Å². The number of fused-ring (bicyclic) bond motifs is 1. The topological polar surface area (TPSA) is 81.0 Å². The normalized spacial score (nSPS) is 16.0. The maximum atomic E-state index is 9.38. The van der Waals surface area contributed by atoms with Crippen molar-refractivity contribution < 1.29 is 0 Å². The van der Waals surface area contributed by atoms with Crippen LogP contribution in [0.4, 0.5) is 11.6 Å². The number of anilines is 2. The van der Waals surface area contributed by atoms with E-state index in [0.717, 1.165) is 65.2 Å². The number of aromatic nitrogens is 3. The van der Waals surface area contributed by atoms with E-state index in [1.54, 1.807) is 0 Å². The lowest BCUT2D eigenvalue weighted by Gasteiger charge is -2.35. The third-order valence-corrected chi connectivity index (χ3v) is 6.75. The molecular formula is C25H31N7. The van der Waals surface area contributed by atoms with E-state index in [0.29, 0.717) is 11.6 Å². The van der Waals surface area contributed by atoms with Crippen molar-refractivity contribution in [3.05, 3.63) is 52.8 Å². The smallest absolute Gasteiger partial charge is 0.157 e. The molecule has 166 valence electrons. The fourth-order valence-electron chi connectivity index (χ4n) is 4.56. The van der Waals surface area contributed by atoms with Crippen LogP contribution in [-0.2, 0) is 0 Å². The number of hydrogen-bond donors (Lipinski definition) is 1. The van der Waals surface area contributed by atoms with Gasteiger partial charge in [-0.1, -0.05) is 12.1 Å². The van der Waals surface area contributed by atoms with Crippen molar-refractivity contribution in [2.75, 3.05) is 37.4 Å². The van der Waals surface area contributed by atoms with E-state index in [9.17, 15) is 5.26 Å². The highest BCUT2D eigenvalue weighted by Crippen LogP contribution is 2.31. The van der Waals surface area contributed by atoms with Gasteiger partial charge >= 0.3 is 0 Å². The Kier molecular flexibility index (Phi) is 6.24. The number of nitrogens with one attached hydrogen (secondary N) is 1. The first-order valence-corrected chi connectivity index (χ1v) is 11.2. The van der Waals surface area contributed by atoms with Gasteiger partial charge in [0.05, 0.1) is 23.4 Å². The second kappa shape index (κ2) is 9.09. The zero-order valence-corrected chi connectivity index (χ0v) is 19.6. The molecule has 1 aliphatic heterocycles. The molecule has 0 aliphatic carbocycles. The number of benzene rings is 1. The number of nitrogens with zero attached hydrogens (tertiary/aromatic N) is 6. The molecule has 3 heterocycles. The number of rotatable bonds is 5. The number of nitriles is 1. The predicted octanol–water partition coefficient (Wildman–Crippen LogP) is 4.22. The van der Waals surface area contributed by atoms with Gasteiger partial charge in [0.15, 0.2) is 5.82 Å². The molecule has 4 rings (SSSR count). The van der Waals surface area contributed by atoms with E-state index < -0.39 is 0 Å². The van der Waals surface area contributed by atoms with Crippen LogP contribution in [0.25, 0.3) is 10.8 Å². The van der Waals surface area contributed by atoms with Crippen molar-refractivity contribution in [2.45, 2.75) is 45.7 Å². The van der Waals surface area contributed by atoms with Crippen LogP contribution in [0.15, 0.2) is 30.5 Å². The van der Waals surface area contributed by atoms with Crippen LogP contribution >= 0.6 is 0 Å². The molecule has 1 aliphatic rings. The summed E-state index contributed by atoms with van der Waals surface area (Å²) in [6, 6.07) is 10.7. The highest BCUT2D eigenvalue weighted by atomic mass is 15.2. The molecule has 0 saturated carbocycles. The highest BCUT2D eigenvalue weighted by Gasteiger charge is 2.22. The maximum Gasteiger partial charge on any atom is 0.157 e. The Labute approximate surface area is 190 Å². The molecule has 1 fully saturated rings. The fraction of sp³-hybridized carbons (Fsp3) is 0.440. The molecule has 1 aromatic carbocycles. The first kappa shape index (κ1) is 22.0. The number of piperidine rings is 1. The Morgan fingerprint density at radius 1 is 1.19 bits per heavy atom. The summed E-state index contributed by atoms with van der Waals surface area (Å²) in [5.74, 6) is 1.69. The van der Waals surface area contributed by atoms with E-state index in [1.807, 2.05) is 32.2 Å². The molecule has 32 heavy (non-hydrogen) atoms. The minimum absolute atomic E-state index is 0.0215. The van der Waals surface area contributed by atoms with E-state index in [1.165, 1.54) is 0 Å². The number of pyridine rings is 1. The monoisotopic (exact) mass is 429 g/mol. The van der Waals surface area contributed by atoms with Gasteiger partial charge in [0.1, 0.15) is 5.82 Å². The minimum atomic E-state index is -0.0215. The molecule has 1 saturated heterocycles. The minimum Gasteiger partial charge on any atom is -0.362 e. The van der Waals surface area contributed by atoms with Crippen LogP contribution in [0.2, 0.25) is 0 Å². The Hall–Kier alpha value is -3.24. The van der Waals surface area contributed by atoms with Crippen molar-refractivity contribution in [3.8, 4) is 6.07 Å². The number of hydrogen-bond acceptors (Lipinski definition) is 7. The summed E-state index contributed by atoms with van der Waals surface area (Å²) in [5.41, 5.74) is 3.63. The highest BCUT2D eigenvalue weighted by molar-refractivity contribution is 5.94. The van der Waals surface area contributed by atoms with Gasteiger partial charge in [-0.05, 0) is 77.0 Å². The third kappa shape index (κ3) is 4.23. The van der Waals surface area contributed by atoms with Gasteiger partial charge in [-0.15, -0.1) is 5.10 Å². The molecule has 0 amide bonds. The van der Waals surface area contributed by atoms with Gasteiger partial charge < -0.3 is 15.1 Å². The Morgan fingerprint density at radius 2 is 1.94 bits per heavy atom. The van der Waals surface area contributed by atoms with Crippen molar-refractivity contribution in [1.82, 2.24) is 20.1 Å². The number of likely N-dealkylation sites (tertiary alicyclic amines) is 1. The molecule has 0 radical (unpaired) electrons. The van der Waals surface area contributed by atoms with Crippen molar-refractivity contribution in [3.63, 3.8) is 0 Å². The summed E-state index contributed by atoms with van der Waals surface area (Å²) in [6.07, 6.45) is 4.19. The molecular weight excluding hydrogens is 398 g/mol. The molecule has 0 unspecified atom stereocenters. The van der Waals surface area contributed by atoms with Crippen LogP contribution in [-0.4, -0.2) is 53.3 Å². The lowest BCUT2D eigenvalue weighted by Crippen LogP contribution is -2.42. The van der Waals surface area contributed by atoms with Crippen molar-refractivity contribution >= 4 is 22.4 Å². The van der Waals surface area contributed by atoms with E-state index >= 15 is 0 Å². The van der Waals surface area contributed by atoms with Crippen LogP contribution in [0, 0.1) is 25.2 Å². The molecule has 0 bridgehead atoms. The van der Waals surface area contributed by atoms with Gasteiger partial charge in [0.25, 0.3) is 0 Å². The summed E-state index contributed by atoms with van der Waals surface area (Å²) >= 11 is 0. The predicted molar refractivity (Wildman–Crippen MR) is 129 cm³/mol. The van der Waals surface area contributed by atoms with Gasteiger partial charge in [-0.2, -0.15) is 10.4 Å². The van der Waals surface area contributed by atoms with E-state index in [4.69, 9.17) is 4.98 Å². The average Bonchev–Trinajstić information content (AvgIpc) is 2.81. The Morgan fingerprint density at radius 3 is 2.66 bits per heavy atom. The molecule has 7 nitrogen and oxygen atoms in total. The van der Waals surface area contributed by atoms with Gasteiger partial charge in [0, 0.05) is 30.1 Å². The molecule has 3 aromatic rings. The molecule has 0 spiro atoms. The zero-order chi connectivity index (χ0) is 22.8. The quantitative estimate of drug-likeness (QED) is 0.650. The largest absolute Gasteiger partial charge is 0.362 e. The zero-order valence-electron chi connectivity index (χ0n) is 19.6. The van der Waals surface area contributed by atoms with E-state index in [-0.39, 0.29) is 6.04 Å². The van der Waals surface area contributed by atoms with Gasteiger partial charge in [-0.3, -0.25) is 0 Å². The fourth-order valence-corrected chi connectivity index (χ4v) is 4.56. The second-order valence-electron chi connectivity index (χ2n) is 8.87. The SMILES string of the molecule is Cc1c(C#N)cccc1[C@@H](C)Nc1nnc(C)c2cnc(N(C)C3CCN(C)CC3)cc12. The van der Waals surface area contributed by atoms with E-state index in [2.05, 4.69) is 64.5 Å².